The fourth-order valence-electron chi connectivity index (χ4n) is 4.25. The molecule has 2 unspecified atom stereocenters. The summed E-state index contributed by atoms with van der Waals surface area (Å²) in [6, 6.07) is 3.09. The molecule has 11 heteroatoms. The fraction of sp³-hybridized carbons (Fsp3) is 0.621. The smallest absolute Gasteiger partial charge is 0.408 e. The molecule has 0 spiro atoms. The largest absolute Gasteiger partial charge is 0.466 e. The van der Waals surface area contributed by atoms with Crippen molar-refractivity contribution in [3.05, 3.63) is 34.9 Å². The van der Waals surface area contributed by atoms with E-state index in [1.807, 2.05) is 39.0 Å². The molecule has 0 radical (unpaired) electrons. The number of carbonyl (C=O) groups is 5. The van der Waals surface area contributed by atoms with Crippen LogP contribution in [0.25, 0.3) is 0 Å². The van der Waals surface area contributed by atoms with Crippen LogP contribution in [0.15, 0.2) is 18.2 Å². The van der Waals surface area contributed by atoms with E-state index in [0.29, 0.717) is 12.0 Å². The first kappa shape index (κ1) is 34.4. The van der Waals surface area contributed by atoms with Crippen molar-refractivity contribution in [3.8, 4) is 0 Å². The van der Waals surface area contributed by atoms with Crippen LogP contribution in [-0.4, -0.2) is 66.0 Å². The summed E-state index contributed by atoms with van der Waals surface area (Å²) in [6.45, 7) is 12.8. The minimum atomic E-state index is -1.35. The predicted octanol–water partition coefficient (Wildman–Crippen LogP) is 3.20. The molecule has 0 aliphatic carbocycles. The molecule has 0 aromatic heterocycles. The molecule has 0 heterocycles. The number of primary amides is 1. The first-order chi connectivity index (χ1) is 18.7. The second-order valence-electron chi connectivity index (χ2n) is 10.7. The normalized spacial score (nSPS) is 12.6. The molecule has 1 aromatic carbocycles. The molecule has 0 saturated heterocycles. The Morgan fingerprint density at radius 1 is 1.02 bits per heavy atom. The predicted molar refractivity (Wildman–Crippen MR) is 151 cm³/mol. The van der Waals surface area contributed by atoms with Crippen LogP contribution in [0.2, 0.25) is 0 Å². The summed E-state index contributed by atoms with van der Waals surface area (Å²) in [4.78, 5) is 65.6. The first-order valence-corrected chi connectivity index (χ1v) is 13.8. The number of ether oxygens (including phenoxy) is 2. The summed E-state index contributed by atoms with van der Waals surface area (Å²) in [7, 11) is 0. The summed E-state index contributed by atoms with van der Waals surface area (Å²) in [5.41, 5.74) is 6.79. The van der Waals surface area contributed by atoms with Gasteiger partial charge in [-0.05, 0) is 64.7 Å². The minimum Gasteiger partial charge on any atom is -0.466 e. The average Bonchev–Trinajstić information content (AvgIpc) is 2.82. The van der Waals surface area contributed by atoms with Crippen molar-refractivity contribution in [3.63, 3.8) is 0 Å². The van der Waals surface area contributed by atoms with Crippen molar-refractivity contribution in [2.24, 2.45) is 5.73 Å². The van der Waals surface area contributed by atoms with Crippen LogP contribution in [0, 0.1) is 13.8 Å². The van der Waals surface area contributed by atoms with Gasteiger partial charge in [-0.15, -0.1) is 0 Å². The highest BCUT2D eigenvalue weighted by atomic mass is 16.6. The Morgan fingerprint density at radius 3 is 2.17 bits per heavy atom. The van der Waals surface area contributed by atoms with Gasteiger partial charge in [-0.3, -0.25) is 19.2 Å². The molecule has 4 amide bonds. The zero-order chi connectivity index (χ0) is 30.5. The number of esters is 1. The van der Waals surface area contributed by atoms with Crippen LogP contribution in [-0.2, 0) is 28.7 Å². The minimum absolute atomic E-state index is 0.0109. The van der Waals surface area contributed by atoms with E-state index in [4.69, 9.17) is 15.2 Å². The van der Waals surface area contributed by atoms with Gasteiger partial charge in [-0.1, -0.05) is 38.0 Å². The fourth-order valence-corrected chi connectivity index (χ4v) is 4.25. The average molecular weight is 563 g/mol. The number of nitrogens with two attached hydrogens (primary N) is 1. The molecular formula is C29H46N4O7. The van der Waals surface area contributed by atoms with Gasteiger partial charge in [0.15, 0.2) is 0 Å². The zero-order valence-electron chi connectivity index (χ0n) is 24.9. The van der Waals surface area contributed by atoms with Gasteiger partial charge in [-0.2, -0.15) is 0 Å². The topological polar surface area (TPSA) is 157 Å². The van der Waals surface area contributed by atoms with Gasteiger partial charge in [0.1, 0.15) is 17.7 Å². The highest BCUT2D eigenvalue weighted by molar-refractivity contribution is 5.95. The third kappa shape index (κ3) is 11.6. The Kier molecular flexibility index (Phi) is 14.2. The number of alkyl carbamates (subject to hydrolysis) is 1. The van der Waals surface area contributed by atoms with E-state index in [-0.39, 0.29) is 26.1 Å². The Balaban J connectivity index is 3.54. The summed E-state index contributed by atoms with van der Waals surface area (Å²) in [5.74, 6) is -2.40. The molecule has 0 saturated carbocycles. The number of aryl methyl sites for hydroxylation is 2. The maximum atomic E-state index is 14.1. The molecule has 1 aromatic rings. The second-order valence-corrected chi connectivity index (χ2v) is 10.7. The summed E-state index contributed by atoms with van der Waals surface area (Å²) in [6.07, 6.45) is 0.828. The number of carbonyl (C=O) groups excluding carboxylic acids is 5. The van der Waals surface area contributed by atoms with Gasteiger partial charge < -0.3 is 30.7 Å². The number of amides is 4. The van der Waals surface area contributed by atoms with Gasteiger partial charge in [0.2, 0.25) is 17.7 Å². The molecule has 2 atom stereocenters. The van der Waals surface area contributed by atoms with E-state index >= 15 is 0 Å². The molecule has 0 aliphatic rings. The Labute approximate surface area is 237 Å². The molecule has 0 fully saturated rings. The SMILES string of the molecule is CCCCCN(C(=O)C(CC(N)=O)NC(=O)OC(C)(C)C)C(C(=O)NCCC(=O)OCC)c1c(C)cccc1C. The van der Waals surface area contributed by atoms with Crippen LogP contribution in [0.3, 0.4) is 0 Å². The van der Waals surface area contributed by atoms with Crippen molar-refractivity contribution >= 4 is 29.8 Å². The standard InChI is InChI=1S/C29H46N4O7/c1-8-10-11-17-33(27(37)21(18-22(30)34)32-28(38)40-29(5,6)7)25(24-19(3)13-12-14-20(24)4)26(36)31-16-15-23(35)39-9-2/h12-14,21,25H,8-11,15-18H2,1-7H3,(H2,30,34)(H,31,36)(H,32,38). The van der Waals surface area contributed by atoms with Gasteiger partial charge in [0, 0.05) is 13.1 Å². The van der Waals surface area contributed by atoms with Crippen LogP contribution in [0.1, 0.15) is 89.5 Å². The van der Waals surface area contributed by atoms with Gasteiger partial charge in [0.05, 0.1) is 19.4 Å². The van der Waals surface area contributed by atoms with Crippen LogP contribution in [0.5, 0.6) is 0 Å². The van der Waals surface area contributed by atoms with Gasteiger partial charge >= 0.3 is 12.1 Å². The highest BCUT2D eigenvalue weighted by Crippen LogP contribution is 2.29. The Morgan fingerprint density at radius 2 is 1.65 bits per heavy atom. The lowest BCUT2D eigenvalue weighted by Gasteiger charge is -2.35. The number of nitrogens with one attached hydrogen (secondary N) is 2. The molecule has 11 nitrogen and oxygen atoms in total. The zero-order valence-corrected chi connectivity index (χ0v) is 24.9. The number of benzene rings is 1. The number of hydrogen-bond acceptors (Lipinski definition) is 7. The van der Waals surface area contributed by atoms with E-state index in [9.17, 15) is 24.0 Å². The molecule has 1 rings (SSSR count). The maximum absolute atomic E-state index is 14.1. The van der Waals surface area contributed by atoms with Crippen molar-refractivity contribution in [1.29, 1.82) is 0 Å². The highest BCUT2D eigenvalue weighted by Gasteiger charge is 2.38. The van der Waals surface area contributed by atoms with Gasteiger partial charge in [0.25, 0.3) is 0 Å². The van der Waals surface area contributed by atoms with Crippen LogP contribution < -0.4 is 16.4 Å². The Bertz CT molecular complexity index is 1020. The third-order valence-electron chi connectivity index (χ3n) is 5.99. The van der Waals surface area contributed by atoms with E-state index in [2.05, 4.69) is 10.6 Å². The van der Waals surface area contributed by atoms with Crippen molar-refractivity contribution in [2.75, 3.05) is 19.7 Å². The van der Waals surface area contributed by atoms with Crippen LogP contribution in [0.4, 0.5) is 4.79 Å². The summed E-state index contributed by atoms with van der Waals surface area (Å²) < 4.78 is 10.3. The number of rotatable bonds is 15. The van der Waals surface area contributed by atoms with Crippen molar-refractivity contribution < 1.29 is 33.4 Å². The summed E-state index contributed by atoms with van der Waals surface area (Å²) in [5, 5.41) is 5.24. The van der Waals surface area contributed by atoms with E-state index < -0.39 is 53.9 Å². The molecule has 4 N–H and O–H groups in total. The third-order valence-corrected chi connectivity index (χ3v) is 5.99. The molecule has 0 aliphatic heterocycles. The van der Waals surface area contributed by atoms with Crippen molar-refractivity contribution in [1.82, 2.24) is 15.5 Å². The van der Waals surface area contributed by atoms with E-state index in [1.165, 1.54) is 4.90 Å². The molecular weight excluding hydrogens is 516 g/mol. The van der Waals surface area contributed by atoms with Gasteiger partial charge in [-0.25, -0.2) is 4.79 Å². The monoisotopic (exact) mass is 562 g/mol. The molecule has 224 valence electrons. The maximum Gasteiger partial charge on any atom is 0.408 e. The first-order valence-electron chi connectivity index (χ1n) is 13.8. The Hall–Kier alpha value is -3.63. The number of hydrogen-bond donors (Lipinski definition) is 3. The lowest BCUT2D eigenvalue weighted by atomic mass is 9.93. The molecule has 0 bridgehead atoms. The lowest BCUT2D eigenvalue weighted by molar-refractivity contribution is -0.144. The van der Waals surface area contributed by atoms with E-state index in [1.54, 1.807) is 27.7 Å². The quantitative estimate of drug-likeness (QED) is 0.219. The van der Waals surface area contributed by atoms with E-state index in [0.717, 1.165) is 24.0 Å². The number of nitrogens with zero attached hydrogens (tertiary/aromatic N) is 1. The summed E-state index contributed by atoms with van der Waals surface area (Å²) >= 11 is 0. The van der Waals surface area contributed by atoms with Crippen molar-refractivity contribution in [2.45, 2.75) is 98.3 Å². The lowest BCUT2D eigenvalue weighted by Crippen LogP contribution is -2.54. The second kappa shape index (κ2) is 16.5. The number of unbranched alkanes of at least 4 members (excludes halogenated alkanes) is 2. The van der Waals surface area contributed by atoms with Crippen LogP contribution >= 0.6 is 0 Å². The molecule has 40 heavy (non-hydrogen) atoms.